The topological polar surface area (TPSA) is 71.0 Å². The lowest BCUT2D eigenvalue weighted by molar-refractivity contribution is -0.129. The smallest absolute Gasteiger partial charge is 0.247 e. The molecule has 3 aromatic rings. The number of nitrogens with one attached hydrogen (secondary N) is 1. The fraction of sp³-hybridized carbons (Fsp3) is 0.304. The van der Waals surface area contributed by atoms with Crippen molar-refractivity contribution in [3.05, 3.63) is 70.6 Å². The molecule has 0 spiro atoms. The third kappa shape index (κ3) is 4.91. The van der Waals surface area contributed by atoms with Crippen LogP contribution in [-0.4, -0.2) is 32.3 Å². The second-order valence-corrected chi connectivity index (χ2v) is 8.29. The Kier molecular flexibility index (Phi) is 6.18. The van der Waals surface area contributed by atoms with E-state index in [-0.39, 0.29) is 11.9 Å². The Morgan fingerprint density at radius 2 is 2.00 bits per heavy atom. The van der Waals surface area contributed by atoms with E-state index in [1.165, 1.54) is 0 Å². The number of anilines is 2. The van der Waals surface area contributed by atoms with Crippen molar-refractivity contribution in [1.82, 2.24) is 19.9 Å². The monoisotopic (exact) mass is 419 g/mol. The lowest BCUT2D eigenvalue weighted by atomic mass is 9.98. The molecule has 0 radical (unpaired) electrons. The molecule has 1 N–H and O–H groups in total. The standard InChI is InChI=1S/C23H25N5OS/c1-16-15-30-23(24-16)27-21-14-19(25-17(2)26-21)20-10-6-7-13-28(20)22(29)12-11-18-8-4-3-5-9-18/h3-5,8-9,11-12,14-15,20H,6-7,10,13H2,1-2H3,(H,24,25,26,27)/b12-11+/t20-/m1/s1. The average molecular weight is 420 g/mol. The molecular weight excluding hydrogens is 394 g/mol. The summed E-state index contributed by atoms with van der Waals surface area (Å²) in [5.41, 5.74) is 2.87. The molecule has 30 heavy (non-hydrogen) atoms. The molecule has 1 fully saturated rings. The van der Waals surface area contributed by atoms with Gasteiger partial charge in [-0.25, -0.2) is 15.0 Å². The van der Waals surface area contributed by atoms with Gasteiger partial charge in [-0.1, -0.05) is 30.3 Å². The minimum atomic E-state index is -0.0491. The van der Waals surface area contributed by atoms with Crippen LogP contribution in [0, 0.1) is 13.8 Å². The van der Waals surface area contributed by atoms with Crippen LogP contribution in [0.25, 0.3) is 6.08 Å². The van der Waals surface area contributed by atoms with Crippen molar-refractivity contribution in [2.45, 2.75) is 39.2 Å². The van der Waals surface area contributed by atoms with Gasteiger partial charge in [0.1, 0.15) is 11.6 Å². The van der Waals surface area contributed by atoms with Gasteiger partial charge in [0.05, 0.1) is 17.4 Å². The fourth-order valence-electron chi connectivity index (χ4n) is 3.68. The summed E-state index contributed by atoms with van der Waals surface area (Å²) >= 11 is 1.55. The Morgan fingerprint density at radius 1 is 1.17 bits per heavy atom. The lowest BCUT2D eigenvalue weighted by Gasteiger charge is -2.35. The third-order valence-corrected chi connectivity index (χ3v) is 5.93. The van der Waals surface area contributed by atoms with E-state index in [1.54, 1.807) is 17.4 Å². The van der Waals surface area contributed by atoms with Gasteiger partial charge in [-0.15, -0.1) is 11.3 Å². The first-order valence-electron chi connectivity index (χ1n) is 10.2. The minimum absolute atomic E-state index is 0.0184. The molecule has 3 heterocycles. The number of piperidine rings is 1. The lowest BCUT2D eigenvalue weighted by Crippen LogP contribution is -2.38. The molecule has 1 atom stereocenters. The van der Waals surface area contributed by atoms with Crippen molar-refractivity contribution in [3.63, 3.8) is 0 Å². The number of hydrogen-bond acceptors (Lipinski definition) is 6. The van der Waals surface area contributed by atoms with Crippen molar-refractivity contribution in [2.75, 3.05) is 11.9 Å². The third-order valence-electron chi connectivity index (χ3n) is 5.06. The van der Waals surface area contributed by atoms with E-state index in [0.717, 1.165) is 47.9 Å². The van der Waals surface area contributed by atoms with Crippen LogP contribution in [0.2, 0.25) is 0 Å². The Hall–Kier alpha value is -3.06. The number of carbonyl (C=O) groups excluding carboxylic acids is 1. The molecule has 6 nitrogen and oxygen atoms in total. The van der Waals surface area contributed by atoms with Gasteiger partial charge in [-0.2, -0.15) is 0 Å². The molecule has 0 saturated carbocycles. The van der Waals surface area contributed by atoms with Crippen molar-refractivity contribution < 1.29 is 4.79 Å². The highest BCUT2D eigenvalue weighted by molar-refractivity contribution is 7.13. The van der Waals surface area contributed by atoms with Crippen molar-refractivity contribution in [1.29, 1.82) is 0 Å². The number of carbonyl (C=O) groups is 1. The van der Waals surface area contributed by atoms with E-state index in [1.807, 2.05) is 66.6 Å². The van der Waals surface area contributed by atoms with Crippen LogP contribution in [0.3, 0.4) is 0 Å². The number of rotatable bonds is 5. The molecule has 1 aliphatic heterocycles. The highest BCUT2D eigenvalue weighted by Crippen LogP contribution is 2.32. The van der Waals surface area contributed by atoms with E-state index in [4.69, 9.17) is 0 Å². The van der Waals surface area contributed by atoms with Crippen LogP contribution < -0.4 is 5.32 Å². The number of hydrogen-bond donors (Lipinski definition) is 1. The first-order chi connectivity index (χ1) is 14.6. The highest BCUT2D eigenvalue weighted by atomic mass is 32.1. The van der Waals surface area contributed by atoms with E-state index >= 15 is 0 Å². The Labute approximate surface area is 180 Å². The predicted octanol–water partition coefficient (Wildman–Crippen LogP) is 5.06. The van der Waals surface area contributed by atoms with Gasteiger partial charge in [0.25, 0.3) is 0 Å². The number of benzene rings is 1. The van der Waals surface area contributed by atoms with E-state index in [0.29, 0.717) is 11.6 Å². The Bertz CT molecular complexity index is 1050. The van der Waals surface area contributed by atoms with E-state index in [2.05, 4.69) is 20.3 Å². The zero-order valence-electron chi connectivity index (χ0n) is 17.2. The van der Waals surface area contributed by atoms with Gasteiger partial charge in [-0.05, 0) is 44.7 Å². The molecule has 7 heteroatoms. The maximum absolute atomic E-state index is 13.0. The van der Waals surface area contributed by atoms with Gasteiger partial charge in [0.15, 0.2) is 5.13 Å². The molecule has 1 saturated heterocycles. The second kappa shape index (κ2) is 9.17. The van der Waals surface area contributed by atoms with Crippen molar-refractivity contribution in [3.8, 4) is 0 Å². The first-order valence-corrected chi connectivity index (χ1v) is 11.0. The quantitative estimate of drug-likeness (QED) is 0.585. The van der Waals surface area contributed by atoms with Crippen LogP contribution in [0.1, 0.15) is 48.1 Å². The first kappa shape index (κ1) is 20.2. The molecule has 0 bridgehead atoms. The maximum atomic E-state index is 13.0. The van der Waals surface area contributed by atoms with Gasteiger partial charge >= 0.3 is 0 Å². The molecule has 0 aliphatic carbocycles. The zero-order chi connectivity index (χ0) is 20.9. The summed E-state index contributed by atoms with van der Waals surface area (Å²) in [7, 11) is 0. The minimum Gasteiger partial charge on any atom is -0.331 e. The number of nitrogens with zero attached hydrogens (tertiary/aromatic N) is 4. The van der Waals surface area contributed by atoms with Gasteiger partial charge in [-0.3, -0.25) is 4.79 Å². The van der Waals surface area contributed by atoms with Crippen LogP contribution in [0.4, 0.5) is 10.9 Å². The highest BCUT2D eigenvalue weighted by Gasteiger charge is 2.28. The average Bonchev–Trinajstić information content (AvgIpc) is 3.16. The number of aryl methyl sites for hydroxylation is 2. The van der Waals surface area contributed by atoms with Crippen molar-refractivity contribution >= 4 is 34.3 Å². The molecule has 4 rings (SSSR count). The molecular formula is C23H25N5OS. The van der Waals surface area contributed by atoms with Gasteiger partial charge < -0.3 is 10.2 Å². The predicted molar refractivity (Wildman–Crippen MR) is 121 cm³/mol. The summed E-state index contributed by atoms with van der Waals surface area (Å²) in [4.78, 5) is 28.5. The van der Waals surface area contributed by atoms with Gasteiger partial charge in [0.2, 0.25) is 5.91 Å². The van der Waals surface area contributed by atoms with Crippen LogP contribution >= 0.6 is 11.3 Å². The maximum Gasteiger partial charge on any atom is 0.247 e. The van der Waals surface area contributed by atoms with E-state index < -0.39 is 0 Å². The largest absolute Gasteiger partial charge is 0.331 e. The Morgan fingerprint density at radius 3 is 2.77 bits per heavy atom. The van der Waals surface area contributed by atoms with Crippen LogP contribution in [0.5, 0.6) is 0 Å². The molecule has 0 unspecified atom stereocenters. The molecule has 1 amide bonds. The summed E-state index contributed by atoms with van der Waals surface area (Å²) < 4.78 is 0. The number of thiazole rings is 1. The molecule has 1 aliphatic rings. The molecule has 1 aromatic carbocycles. The number of amides is 1. The molecule has 154 valence electrons. The summed E-state index contributed by atoms with van der Waals surface area (Å²) in [6, 6.07) is 11.8. The van der Waals surface area contributed by atoms with Crippen LogP contribution in [0.15, 0.2) is 47.9 Å². The molecule has 2 aromatic heterocycles. The summed E-state index contributed by atoms with van der Waals surface area (Å²) in [5.74, 6) is 1.41. The normalized spacial score (nSPS) is 16.7. The van der Waals surface area contributed by atoms with Crippen molar-refractivity contribution in [2.24, 2.45) is 0 Å². The summed E-state index contributed by atoms with van der Waals surface area (Å²) in [5, 5.41) is 6.08. The number of likely N-dealkylation sites (tertiary alicyclic amines) is 1. The summed E-state index contributed by atoms with van der Waals surface area (Å²) in [6.07, 6.45) is 6.52. The van der Waals surface area contributed by atoms with E-state index in [9.17, 15) is 4.79 Å². The Balaban J connectivity index is 1.56. The number of aromatic nitrogens is 3. The fourth-order valence-corrected chi connectivity index (χ4v) is 4.37. The SMILES string of the molecule is Cc1csc(Nc2cc([C@H]3CCCCN3C(=O)/C=C/c3ccccc3)nc(C)n2)n1. The second-order valence-electron chi connectivity index (χ2n) is 7.43. The van der Waals surface area contributed by atoms with Gasteiger partial charge in [0, 0.05) is 24.1 Å². The zero-order valence-corrected chi connectivity index (χ0v) is 18.0. The van der Waals surface area contributed by atoms with Crippen LogP contribution in [-0.2, 0) is 4.79 Å². The summed E-state index contributed by atoms with van der Waals surface area (Å²) in [6.45, 7) is 4.58.